The van der Waals surface area contributed by atoms with Gasteiger partial charge in [0.1, 0.15) is 22.4 Å². The van der Waals surface area contributed by atoms with Crippen molar-refractivity contribution in [2.75, 3.05) is 12.5 Å². The van der Waals surface area contributed by atoms with Crippen LogP contribution in [-0.4, -0.2) is 17.8 Å². The topological polar surface area (TPSA) is 70.3 Å². The van der Waals surface area contributed by atoms with E-state index in [1.54, 1.807) is 7.11 Å². The van der Waals surface area contributed by atoms with Gasteiger partial charge >= 0.3 is 0 Å². The van der Waals surface area contributed by atoms with Crippen molar-refractivity contribution in [2.45, 2.75) is 6.92 Å². The van der Waals surface area contributed by atoms with Gasteiger partial charge in [0, 0.05) is 0 Å². The van der Waals surface area contributed by atoms with Crippen molar-refractivity contribution >= 4 is 46.3 Å². The maximum Gasteiger partial charge on any atom is 0.168 e. The van der Waals surface area contributed by atoms with Crippen LogP contribution in [0.2, 0.25) is 15.2 Å². The minimum Gasteiger partial charge on any atom is -0.497 e. The molecule has 0 radical (unpaired) electrons. The molecule has 0 unspecified atom stereocenters. The lowest BCUT2D eigenvalue weighted by atomic mass is 10.1. The fraction of sp³-hybridized carbons (Fsp3) is 0.133. The van der Waals surface area contributed by atoms with Gasteiger partial charge in [0.15, 0.2) is 11.0 Å². The van der Waals surface area contributed by atoms with E-state index in [1.807, 2.05) is 37.3 Å². The molecule has 1 aromatic carbocycles. The van der Waals surface area contributed by atoms with E-state index in [9.17, 15) is 0 Å². The molecular weight excluding hydrogens is 359 g/mol. The normalized spacial score (nSPS) is 11.0. The number of hydrazone groups is 1. The monoisotopic (exact) mass is 368 g/mol. The van der Waals surface area contributed by atoms with Crippen molar-refractivity contribution in [3.05, 3.63) is 50.6 Å². The molecule has 8 heteroatoms. The summed E-state index contributed by atoms with van der Waals surface area (Å²) in [5.74, 6) is 0.929. The van der Waals surface area contributed by atoms with Gasteiger partial charge in [-0.15, -0.1) is 0 Å². The molecule has 0 amide bonds. The van der Waals surface area contributed by atoms with E-state index in [2.05, 4.69) is 15.5 Å². The molecule has 0 atom stereocenters. The Balaban J connectivity index is 2.27. The fourth-order valence-electron chi connectivity index (χ4n) is 1.71. The van der Waals surface area contributed by atoms with E-state index < -0.39 is 0 Å². The SMILES string of the molecule is COc1ccc(/C(C)=N/Nc2nc(Cl)c(C#N)c(Cl)c2Cl)cc1. The van der Waals surface area contributed by atoms with Gasteiger partial charge in [-0.25, -0.2) is 4.98 Å². The zero-order valence-corrected chi connectivity index (χ0v) is 14.5. The standard InChI is InChI=1S/C15H11Cl3N4O/c1-8(9-3-5-10(23-2)6-4-9)21-22-15-13(17)12(16)11(7-19)14(18)20-15/h3-6H,1-2H3,(H,20,22)/b21-8+. The molecule has 1 aromatic heterocycles. The van der Waals surface area contributed by atoms with Gasteiger partial charge in [-0.05, 0) is 36.8 Å². The van der Waals surface area contributed by atoms with Crippen molar-refractivity contribution in [1.82, 2.24) is 4.98 Å². The van der Waals surface area contributed by atoms with Crippen molar-refractivity contribution in [2.24, 2.45) is 5.10 Å². The summed E-state index contributed by atoms with van der Waals surface area (Å²) in [6, 6.07) is 9.24. The van der Waals surface area contributed by atoms with Gasteiger partial charge in [0.25, 0.3) is 0 Å². The van der Waals surface area contributed by atoms with Crippen LogP contribution in [0.5, 0.6) is 5.75 Å². The quantitative estimate of drug-likeness (QED) is 0.479. The number of rotatable bonds is 4. The molecule has 0 aliphatic heterocycles. The number of pyridine rings is 1. The first-order valence-corrected chi connectivity index (χ1v) is 7.50. The number of nitrogens with zero attached hydrogens (tertiary/aromatic N) is 3. The van der Waals surface area contributed by atoms with Crippen LogP contribution in [0, 0.1) is 11.3 Å². The summed E-state index contributed by atoms with van der Waals surface area (Å²) in [5.41, 5.74) is 4.32. The highest BCUT2D eigenvalue weighted by atomic mass is 35.5. The smallest absolute Gasteiger partial charge is 0.168 e. The number of nitrogens with one attached hydrogen (secondary N) is 1. The van der Waals surface area contributed by atoms with Gasteiger partial charge in [0.2, 0.25) is 0 Å². The summed E-state index contributed by atoms with van der Waals surface area (Å²) in [6.45, 7) is 1.82. The predicted octanol–water partition coefficient (Wildman–Crippen LogP) is 4.76. The second kappa shape index (κ2) is 7.51. The Hall–Kier alpha value is -2.00. The first-order valence-electron chi connectivity index (χ1n) is 6.37. The highest BCUT2D eigenvalue weighted by molar-refractivity contribution is 6.45. The average Bonchev–Trinajstić information content (AvgIpc) is 2.57. The lowest BCUT2D eigenvalue weighted by Crippen LogP contribution is -2.02. The van der Waals surface area contributed by atoms with E-state index in [0.717, 1.165) is 11.3 Å². The molecule has 0 bridgehead atoms. The third-order valence-corrected chi connectivity index (χ3v) is 4.10. The number of anilines is 1. The molecule has 23 heavy (non-hydrogen) atoms. The van der Waals surface area contributed by atoms with Gasteiger partial charge in [-0.2, -0.15) is 10.4 Å². The van der Waals surface area contributed by atoms with Crippen molar-refractivity contribution in [3.63, 3.8) is 0 Å². The molecule has 1 N–H and O–H groups in total. The van der Waals surface area contributed by atoms with Crippen LogP contribution >= 0.6 is 34.8 Å². The van der Waals surface area contributed by atoms with E-state index in [1.165, 1.54) is 0 Å². The second-order valence-corrected chi connectivity index (χ2v) is 5.52. The molecule has 0 saturated carbocycles. The predicted molar refractivity (Wildman–Crippen MR) is 92.8 cm³/mol. The van der Waals surface area contributed by atoms with E-state index in [0.29, 0.717) is 5.71 Å². The molecule has 2 aromatic rings. The largest absolute Gasteiger partial charge is 0.497 e. The van der Waals surface area contributed by atoms with Crippen molar-refractivity contribution in [1.29, 1.82) is 5.26 Å². The summed E-state index contributed by atoms with van der Waals surface area (Å²) in [7, 11) is 1.60. The molecule has 0 aliphatic rings. The number of nitriles is 1. The Kier molecular flexibility index (Phi) is 5.67. The fourth-order valence-corrected chi connectivity index (χ4v) is 2.38. The number of methoxy groups -OCH3 is 1. The van der Waals surface area contributed by atoms with E-state index in [4.69, 9.17) is 44.8 Å². The Labute approximate surface area is 148 Å². The molecule has 5 nitrogen and oxygen atoms in total. The molecule has 0 fully saturated rings. The van der Waals surface area contributed by atoms with Gasteiger partial charge < -0.3 is 4.74 Å². The third-order valence-electron chi connectivity index (χ3n) is 2.99. The summed E-state index contributed by atoms with van der Waals surface area (Å²) < 4.78 is 5.10. The molecule has 0 saturated heterocycles. The number of hydrogen-bond donors (Lipinski definition) is 1. The highest BCUT2D eigenvalue weighted by Crippen LogP contribution is 2.34. The van der Waals surface area contributed by atoms with E-state index >= 15 is 0 Å². The first-order chi connectivity index (χ1) is 11.0. The third kappa shape index (κ3) is 3.85. The molecular formula is C15H11Cl3N4O. The van der Waals surface area contributed by atoms with Crippen LogP contribution in [0.25, 0.3) is 0 Å². The minimum absolute atomic E-state index is 0.0275. The maximum atomic E-state index is 8.95. The van der Waals surface area contributed by atoms with Gasteiger partial charge in [0.05, 0.1) is 17.8 Å². The van der Waals surface area contributed by atoms with E-state index in [-0.39, 0.29) is 26.6 Å². The van der Waals surface area contributed by atoms with Crippen LogP contribution in [0.3, 0.4) is 0 Å². The molecule has 1 heterocycles. The van der Waals surface area contributed by atoms with Crippen LogP contribution in [0.15, 0.2) is 29.4 Å². The zero-order valence-electron chi connectivity index (χ0n) is 12.2. The van der Waals surface area contributed by atoms with Crippen molar-refractivity contribution in [3.8, 4) is 11.8 Å². The average molecular weight is 370 g/mol. The Morgan fingerprint density at radius 3 is 2.43 bits per heavy atom. The van der Waals surface area contributed by atoms with Gasteiger partial charge in [-0.1, -0.05) is 34.8 Å². The Morgan fingerprint density at radius 2 is 1.87 bits per heavy atom. The maximum absolute atomic E-state index is 8.95. The van der Waals surface area contributed by atoms with Crippen LogP contribution < -0.4 is 10.2 Å². The lowest BCUT2D eigenvalue weighted by molar-refractivity contribution is 0.415. The number of benzene rings is 1. The number of halogens is 3. The second-order valence-electron chi connectivity index (χ2n) is 4.40. The summed E-state index contributed by atoms with van der Waals surface area (Å²) >= 11 is 17.9. The highest BCUT2D eigenvalue weighted by Gasteiger charge is 2.16. The molecule has 2 rings (SSSR count). The molecule has 118 valence electrons. The number of ether oxygens (including phenoxy) is 1. The van der Waals surface area contributed by atoms with Crippen molar-refractivity contribution < 1.29 is 4.74 Å². The molecule has 0 aliphatic carbocycles. The van der Waals surface area contributed by atoms with Crippen LogP contribution in [0.4, 0.5) is 5.82 Å². The van der Waals surface area contributed by atoms with Gasteiger partial charge in [-0.3, -0.25) is 5.43 Å². The Bertz CT molecular complexity index is 798. The summed E-state index contributed by atoms with van der Waals surface area (Å²) in [6.07, 6.45) is 0. The summed E-state index contributed by atoms with van der Waals surface area (Å²) in [4.78, 5) is 3.99. The zero-order chi connectivity index (χ0) is 17.0. The first kappa shape index (κ1) is 17.4. The number of hydrogen-bond acceptors (Lipinski definition) is 5. The lowest BCUT2D eigenvalue weighted by Gasteiger charge is -2.08. The summed E-state index contributed by atoms with van der Waals surface area (Å²) in [5, 5.41) is 13.2. The minimum atomic E-state index is -0.0401. The molecule has 0 spiro atoms. The van der Waals surface area contributed by atoms with Crippen LogP contribution in [-0.2, 0) is 0 Å². The van der Waals surface area contributed by atoms with Crippen LogP contribution in [0.1, 0.15) is 18.1 Å². The Morgan fingerprint density at radius 1 is 1.22 bits per heavy atom. The number of aromatic nitrogens is 1.